The molecular formula is C23H23N7OS. The molecule has 0 spiro atoms. The van der Waals surface area contributed by atoms with E-state index in [1.165, 1.54) is 0 Å². The SMILES string of the molecule is CN(C)c1ncc(-c2ccc3cnc(CC(=O)c4ccnc(N5CC(N)C5)c4)cc3n2)s1. The lowest BCUT2D eigenvalue weighted by atomic mass is 10.1. The lowest BCUT2D eigenvalue weighted by molar-refractivity contribution is 0.0992. The van der Waals surface area contributed by atoms with Crippen LogP contribution in [-0.2, 0) is 6.42 Å². The summed E-state index contributed by atoms with van der Waals surface area (Å²) in [6.07, 6.45) is 5.49. The van der Waals surface area contributed by atoms with Gasteiger partial charge >= 0.3 is 0 Å². The second-order valence-corrected chi connectivity index (χ2v) is 9.14. The highest BCUT2D eigenvalue weighted by Gasteiger charge is 2.24. The summed E-state index contributed by atoms with van der Waals surface area (Å²) in [4.78, 5) is 36.0. The van der Waals surface area contributed by atoms with Crippen LogP contribution in [0.2, 0.25) is 0 Å². The number of aromatic nitrogens is 4. The Morgan fingerprint density at radius 2 is 2.00 bits per heavy atom. The molecule has 0 saturated carbocycles. The van der Waals surface area contributed by atoms with E-state index in [1.807, 2.05) is 49.5 Å². The van der Waals surface area contributed by atoms with Gasteiger partial charge in [-0.2, -0.15) is 0 Å². The molecule has 5 rings (SSSR count). The fourth-order valence-electron chi connectivity index (χ4n) is 3.61. The molecule has 4 aromatic rings. The van der Waals surface area contributed by atoms with Crippen LogP contribution in [0.3, 0.4) is 0 Å². The number of nitrogens with two attached hydrogens (primary N) is 1. The van der Waals surface area contributed by atoms with Crippen LogP contribution in [0.1, 0.15) is 16.1 Å². The number of nitrogens with zero attached hydrogens (tertiary/aromatic N) is 6. The minimum Gasteiger partial charge on any atom is -0.354 e. The van der Waals surface area contributed by atoms with Crippen molar-refractivity contribution in [1.29, 1.82) is 0 Å². The highest BCUT2D eigenvalue weighted by Crippen LogP contribution is 2.30. The van der Waals surface area contributed by atoms with Crippen LogP contribution >= 0.6 is 11.3 Å². The first-order valence-electron chi connectivity index (χ1n) is 10.4. The summed E-state index contributed by atoms with van der Waals surface area (Å²) < 4.78 is 0. The van der Waals surface area contributed by atoms with E-state index in [4.69, 9.17) is 10.7 Å². The number of carbonyl (C=O) groups excluding carboxylic acids is 1. The zero-order chi connectivity index (χ0) is 22.2. The molecule has 2 N–H and O–H groups in total. The van der Waals surface area contributed by atoms with Gasteiger partial charge in [-0.3, -0.25) is 9.78 Å². The van der Waals surface area contributed by atoms with Crippen molar-refractivity contribution in [2.75, 3.05) is 37.0 Å². The van der Waals surface area contributed by atoms with Crippen molar-refractivity contribution in [3.63, 3.8) is 0 Å². The maximum absolute atomic E-state index is 12.9. The normalized spacial score (nSPS) is 13.9. The van der Waals surface area contributed by atoms with Gasteiger partial charge in [0.2, 0.25) is 0 Å². The number of pyridine rings is 3. The largest absolute Gasteiger partial charge is 0.354 e. The number of hydrogen-bond donors (Lipinski definition) is 1. The molecule has 0 unspecified atom stereocenters. The number of hydrogen-bond acceptors (Lipinski definition) is 9. The van der Waals surface area contributed by atoms with E-state index < -0.39 is 0 Å². The van der Waals surface area contributed by atoms with Crippen LogP contribution in [0.5, 0.6) is 0 Å². The lowest BCUT2D eigenvalue weighted by Gasteiger charge is -2.37. The molecule has 0 aliphatic carbocycles. The summed E-state index contributed by atoms with van der Waals surface area (Å²) in [7, 11) is 3.94. The van der Waals surface area contributed by atoms with Crippen molar-refractivity contribution < 1.29 is 4.79 Å². The maximum Gasteiger partial charge on any atom is 0.185 e. The first-order chi connectivity index (χ1) is 15.5. The van der Waals surface area contributed by atoms with E-state index in [1.54, 1.807) is 29.8 Å². The third-order valence-electron chi connectivity index (χ3n) is 5.40. The Kier molecular flexibility index (Phi) is 5.28. The van der Waals surface area contributed by atoms with Crippen LogP contribution in [0, 0.1) is 0 Å². The van der Waals surface area contributed by atoms with Gasteiger partial charge in [-0.25, -0.2) is 15.0 Å². The smallest absolute Gasteiger partial charge is 0.185 e. The van der Waals surface area contributed by atoms with Gasteiger partial charge in [-0.1, -0.05) is 11.3 Å². The second-order valence-electron chi connectivity index (χ2n) is 8.13. The highest BCUT2D eigenvalue weighted by molar-refractivity contribution is 7.18. The van der Waals surface area contributed by atoms with E-state index >= 15 is 0 Å². The number of fused-ring (bicyclic) bond motifs is 1. The Morgan fingerprint density at radius 3 is 2.75 bits per heavy atom. The Hall–Kier alpha value is -3.43. The molecule has 32 heavy (non-hydrogen) atoms. The first-order valence-corrected chi connectivity index (χ1v) is 11.2. The lowest BCUT2D eigenvalue weighted by Crippen LogP contribution is -2.56. The predicted octanol–water partition coefficient (Wildman–Crippen LogP) is 2.79. The highest BCUT2D eigenvalue weighted by atomic mass is 32.1. The molecule has 5 heterocycles. The van der Waals surface area contributed by atoms with E-state index in [-0.39, 0.29) is 18.2 Å². The maximum atomic E-state index is 12.9. The van der Waals surface area contributed by atoms with Gasteiger partial charge in [-0.05, 0) is 30.3 Å². The van der Waals surface area contributed by atoms with Crippen molar-refractivity contribution in [2.24, 2.45) is 5.73 Å². The van der Waals surface area contributed by atoms with Gasteiger partial charge in [-0.15, -0.1) is 0 Å². The molecule has 1 aliphatic heterocycles. The van der Waals surface area contributed by atoms with Gasteiger partial charge < -0.3 is 15.5 Å². The molecule has 0 amide bonds. The molecule has 9 heteroatoms. The number of anilines is 2. The third kappa shape index (κ3) is 4.04. The van der Waals surface area contributed by atoms with Crippen LogP contribution in [0.4, 0.5) is 10.9 Å². The average molecular weight is 446 g/mol. The third-order valence-corrected chi connectivity index (χ3v) is 6.59. The summed E-state index contributed by atoms with van der Waals surface area (Å²) in [6.45, 7) is 1.53. The minimum atomic E-state index is -0.000409. The summed E-state index contributed by atoms with van der Waals surface area (Å²) >= 11 is 1.59. The van der Waals surface area contributed by atoms with Crippen LogP contribution in [-0.4, -0.2) is 58.9 Å². The van der Waals surface area contributed by atoms with Crippen molar-refractivity contribution >= 4 is 39.0 Å². The molecule has 4 aromatic heterocycles. The monoisotopic (exact) mass is 445 g/mol. The van der Waals surface area contributed by atoms with E-state index in [0.29, 0.717) is 11.3 Å². The van der Waals surface area contributed by atoms with E-state index in [0.717, 1.165) is 45.5 Å². The summed E-state index contributed by atoms with van der Waals surface area (Å²) in [5, 5.41) is 1.86. The van der Waals surface area contributed by atoms with Gasteiger partial charge in [0.15, 0.2) is 10.9 Å². The zero-order valence-corrected chi connectivity index (χ0v) is 18.7. The molecule has 1 saturated heterocycles. The van der Waals surface area contributed by atoms with Crippen molar-refractivity contribution in [2.45, 2.75) is 12.5 Å². The van der Waals surface area contributed by atoms with Crippen LogP contribution in [0.25, 0.3) is 21.5 Å². The first kappa shape index (κ1) is 20.5. The van der Waals surface area contributed by atoms with Crippen molar-refractivity contribution in [3.8, 4) is 10.6 Å². The Labute approximate surface area is 189 Å². The molecule has 0 aromatic carbocycles. The molecule has 162 valence electrons. The standard InChI is InChI=1S/C23H23N7OS/c1-29(2)23-27-11-21(32-23)18-4-3-15-10-26-17(8-19(15)28-18)9-20(31)14-5-6-25-22(7-14)30-12-16(24)13-30/h3-8,10-11,16H,9,12-13,24H2,1-2H3. The van der Waals surface area contributed by atoms with Crippen LogP contribution in [0.15, 0.2) is 48.9 Å². The molecule has 1 fully saturated rings. The molecule has 1 aliphatic rings. The number of ketones is 1. The molecule has 8 nitrogen and oxygen atoms in total. The fraction of sp³-hybridized carbons (Fsp3) is 0.261. The Morgan fingerprint density at radius 1 is 1.16 bits per heavy atom. The van der Waals surface area contributed by atoms with Crippen LogP contribution < -0.4 is 15.5 Å². The van der Waals surface area contributed by atoms with Gasteiger partial charge in [0.05, 0.1) is 28.2 Å². The van der Waals surface area contributed by atoms with Gasteiger partial charge in [0, 0.05) is 62.8 Å². The summed E-state index contributed by atoms with van der Waals surface area (Å²) in [5.41, 5.74) is 8.84. The summed E-state index contributed by atoms with van der Waals surface area (Å²) in [5.74, 6) is 0.788. The van der Waals surface area contributed by atoms with Gasteiger partial charge in [0.1, 0.15) is 5.82 Å². The molecule has 0 atom stereocenters. The fourth-order valence-corrected chi connectivity index (χ4v) is 4.42. The predicted molar refractivity (Wildman–Crippen MR) is 127 cm³/mol. The Balaban J connectivity index is 1.37. The number of Topliss-reactive ketones (excluding diaryl/α,β-unsaturated/α-hetero) is 1. The van der Waals surface area contributed by atoms with Crippen molar-refractivity contribution in [1.82, 2.24) is 19.9 Å². The quantitative estimate of drug-likeness (QED) is 0.452. The second kappa shape index (κ2) is 8.25. The van der Waals surface area contributed by atoms with Gasteiger partial charge in [0.25, 0.3) is 0 Å². The molecule has 0 bridgehead atoms. The zero-order valence-electron chi connectivity index (χ0n) is 17.9. The minimum absolute atomic E-state index is 0.000409. The van der Waals surface area contributed by atoms with Crippen molar-refractivity contribution in [3.05, 3.63) is 60.2 Å². The van der Waals surface area contributed by atoms with E-state index in [9.17, 15) is 4.79 Å². The summed E-state index contributed by atoms with van der Waals surface area (Å²) in [6, 6.07) is 9.61. The molecular weight excluding hydrogens is 422 g/mol. The number of thiazole rings is 1. The van der Waals surface area contributed by atoms with E-state index in [2.05, 4.69) is 19.9 Å². The average Bonchev–Trinajstić information content (AvgIpc) is 3.27. The number of rotatable bonds is 6. The number of carbonyl (C=O) groups is 1. The topological polar surface area (TPSA) is 101 Å². The Bertz CT molecular complexity index is 1300. The molecule has 0 radical (unpaired) electrons.